The average Bonchev–Trinajstić information content (AvgIpc) is 3.04. The number of anilines is 1. The van der Waals surface area contributed by atoms with E-state index in [1.165, 1.54) is 0 Å². The Labute approximate surface area is 137 Å². The number of H-pyrrole nitrogens is 1. The molecule has 1 saturated heterocycles. The van der Waals surface area contributed by atoms with Gasteiger partial charge in [-0.25, -0.2) is 15.0 Å². The summed E-state index contributed by atoms with van der Waals surface area (Å²) in [7, 11) is 0. The molecule has 0 spiro atoms. The Hall–Kier alpha value is -1.95. The van der Waals surface area contributed by atoms with Crippen LogP contribution >= 0.6 is 0 Å². The summed E-state index contributed by atoms with van der Waals surface area (Å²) in [6.07, 6.45) is 8.12. The minimum Gasteiger partial charge on any atom is -0.349 e. The molecule has 1 aliphatic rings. The highest BCUT2D eigenvalue weighted by Gasteiger charge is 2.20. The summed E-state index contributed by atoms with van der Waals surface area (Å²) in [6.45, 7) is 7.17. The molecule has 0 saturated carbocycles. The van der Waals surface area contributed by atoms with Crippen LogP contribution in [0.4, 0.5) is 5.95 Å². The van der Waals surface area contributed by atoms with Crippen LogP contribution in [0, 0.1) is 13.8 Å². The molecule has 6 nitrogen and oxygen atoms in total. The van der Waals surface area contributed by atoms with Crippen molar-refractivity contribution in [1.82, 2.24) is 25.3 Å². The van der Waals surface area contributed by atoms with Gasteiger partial charge in [-0.3, -0.25) is 0 Å². The van der Waals surface area contributed by atoms with Crippen LogP contribution in [0.25, 0.3) is 0 Å². The first-order chi connectivity index (χ1) is 11.2. The van der Waals surface area contributed by atoms with Gasteiger partial charge in [-0.05, 0) is 45.7 Å². The highest BCUT2D eigenvalue weighted by atomic mass is 15.3. The molecule has 3 heterocycles. The van der Waals surface area contributed by atoms with Crippen molar-refractivity contribution in [2.24, 2.45) is 0 Å². The fraction of sp³-hybridized carbons (Fsp3) is 0.588. The van der Waals surface area contributed by atoms with Gasteiger partial charge in [-0.15, -0.1) is 0 Å². The standard InChI is InChI=1S/C17H26N6/c1-13-12-14(2)22-17(21-13)23-10-5-15(6-11-23)18-7-3-4-16-19-8-9-20-16/h8-9,12,15,18H,3-7,10-11H2,1-2H3,(H,19,20). The maximum Gasteiger partial charge on any atom is 0.225 e. The largest absolute Gasteiger partial charge is 0.349 e. The Kier molecular flexibility index (Phi) is 5.23. The third-order valence-corrected chi connectivity index (χ3v) is 4.33. The minimum atomic E-state index is 0.605. The lowest BCUT2D eigenvalue weighted by Crippen LogP contribution is -2.43. The van der Waals surface area contributed by atoms with Crippen LogP contribution in [0.1, 0.15) is 36.5 Å². The molecular formula is C17H26N6. The maximum absolute atomic E-state index is 4.57. The topological polar surface area (TPSA) is 69.7 Å². The first-order valence-electron chi connectivity index (χ1n) is 8.49. The van der Waals surface area contributed by atoms with E-state index in [0.717, 1.165) is 68.5 Å². The Bertz CT molecular complexity index is 581. The van der Waals surface area contributed by atoms with Gasteiger partial charge in [0.05, 0.1) is 0 Å². The maximum atomic E-state index is 4.57. The zero-order chi connectivity index (χ0) is 16.1. The van der Waals surface area contributed by atoms with Gasteiger partial charge in [0.2, 0.25) is 5.95 Å². The van der Waals surface area contributed by atoms with Crippen LogP contribution in [-0.4, -0.2) is 45.6 Å². The Balaban J connectivity index is 1.39. The highest BCUT2D eigenvalue weighted by molar-refractivity contribution is 5.32. The highest BCUT2D eigenvalue weighted by Crippen LogP contribution is 2.17. The number of rotatable bonds is 6. The summed E-state index contributed by atoms with van der Waals surface area (Å²) >= 11 is 0. The summed E-state index contributed by atoms with van der Waals surface area (Å²) in [5, 5.41) is 3.67. The number of piperidine rings is 1. The van der Waals surface area contributed by atoms with Gasteiger partial charge >= 0.3 is 0 Å². The lowest BCUT2D eigenvalue weighted by atomic mass is 10.1. The van der Waals surface area contributed by atoms with E-state index in [4.69, 9.17) is 0 Å². The molecule has 1 aliphatic heterocycles. The number of imidazole rings is 1. The van der Waals surface area contributed by atoms with Crippen molar-refractivity contribution in [2.45, 2.75) is 45.6 Å². The van der Waals surface area contributed by atoms with E-state index in [0.29, 0.717) is 6.04 Å². The molecule has 1 fully saturated rings. The zero-order valence-electron chi connectivity index (χ0n) is 14.0. The Morgan fingerprint density at radius 1 is 1.22 bits per heavy atom. The van der Waals surface area contributed by atoms with Crippen molar-refractivity contribution in [2.75, 3.05) is 24.5 Å². The van der Waals surface area contributed by atoms with E-state index in [2.05, 4.69) is 30.2 Å². The number of nitrogens with zero attached hydrogens (tertiary/aromatic N) is 4. The number of nitrogens with one attached hydrogen (secondary N) is 2. The Morgan fingerprint density at radius 2 is 1.96 bits per heavy atom. The minimum absolute atomic E-state index is 0.605. The number of aryl methyl sites for hydroxylation is 3. The molecule has 0 aliphatic carbocycles. The van der Waals surface area contributed by atoms with Gasteiger partial charge in [0.1, 0.15) is 5.82 Å². The molecule has 0 atom stereocenters. The van der Waals surface area contributed by atoms with Crippen LogP contribution in [0.5, 0.6) is 0 Å². The smallest absolute Gasteiger partial charge is 0.225 e. The molecule has 124 valence electrons. The fourth-order valence-electron chi connectivity index (χ4n) is 3.13. The Morgan fingerprint density at radius 3 is 2.61 bits per heavy atom. The molecular weight excluding hydrogens is 288 g/mol. The van der Waals surface area contributed by atoms with Crippen LogP contribution in [-0.2, 0) is 6.42 Å². The first kappa shape index (κ1) is 15.9. The van der Waals surface area contributed by atoms with Crippen molar-refractivity contribution in [1.29, 1.82) is 0 Å². The van der Waals surface area contributed by atoms with Crippen molar-refractivity contribution < 1.29 is 0 Å². The van der Waals surface area contributed by atoms with E-state index >= 15 is 0 Å². The van der Waals surface area contributed by atoms with Gasteiger partial charge in [-0.2, -0.15) is 0 Å². The number of aromatic amines is 1. The summed E-state index contributed by atoms with van der Waals surface area (Å²) in [5.74, 6) is 1.97. The van der Waals surface area contributed by atoms with Crippen LogP contribution in [0.15, 0.2) is 18.5 Å². The van der Waals surface area contributed by atoms with Crippen molar-refractivity contribution in [3.05, 3.63) is 35.7 Å². The van der Waals surface area contributed by atoms with E-state index in [9.17, 15) is 0 Å². The molecule has 6 heteroatoms. The summed E-state index contributed by atoms with van der Waals surface area (Å²) in [5.41, 5.74) is 2.09. The van der Waals surface area contributed by atoms with E-state index in [1.807, 2.05) is 32.3 Å². The first-order valence-corrected chi connectivity index (χ1v) is 8.49. The second-order valence-electron chi connectivity index (χ2n) is 6.31. The van der Waals surface area contributed by atoms with Gasteiger partial charge < -0.3 is 15.2 Å². The zero-order valence-corrected chi connectivity index (χ0v) is 14.0. The molecule has 0 bridgehead atoms. The van der Waals surface area contributed by atoms with Crippen LogP contribution in [0.3, 0.4) is 0 Å². The van der Waals surface area contributed by atoms with Crippen LogP contribution in [0.2, 0.25) is 0 Å². The molecule has 2 aromatic heterocycles. The number of hydrogen-bond acceptors (Lipinski definition) is 5. The number of aromatic nitrogens is 4. The van der Waals surface area contributed by atoms with E-state index in [-0.39, 0.29) is 0 Å². The third kappa shape index (κ3) is 4.51. The lowest BCUT2D eigenvalue weighted by Gasteiger charge is -2.32. The number of hydrogen-bond donors (Lipinski definition) is 2. The predicted molar refractivity (Wildman–Crippen MR) is 91.7 cm³/mol. The quantitative estimate of drug-likeness (QED) is 0.798. The summed E-state index contributed by atoms with van der Waals surface area (Å²) in [6, 6.07) is 2.63. The molecule has 0 unspecified atom stereocenters. The molecule has 2 N–H and O–H groups in total. The van der Waals surface area contributed by atoms with E-state index < -0.39 is 0 Å². The molecule has 0 amide bonds. The molecule has 2 aromatic rings. The van der Waals surface area contributed by atoms with E-state index in [1.54, 1.807) is 0 Å². The van der Waals surface area contributed by atoms with Crippen molar-refractivity contribution >= 4 is 5.95 Å². The molecule has 3 rings (SSSR count). The second kappa shape index (κ2) is 7.55. The fourth-order valence-corrected chi connectivity index (χ4v) is 3.13. The van der Waals surface area contributed by atoms with Gasteiger partial charge in [0.25, 0.3) is 0 Å². The second-order valence-corrected chi connectivity index (χ2v) is 6.31. The molecule has 0 radical (unpaired) electrons. The summed E-state index contributed by atoms with van der Waals surface area (Å²) < 4.78 is 0. The van der Waals surface area contributed by atoms with Crippen molar-refractivity contribution in [3.8, 4) is 0 Å². The van der Waals surface area contributed by atoms with Gasteiger partial charge in [0, 0.05) is 49.3 Å². The molecule has 0 aromatic carbocycles. The lowest BCUT2D eigenvalue weighted by molar-refractivity contribution is 0.409. The van der Waals surface area contributed by atoms with Crippen molar-refractivity contribution in [3.63, 3.8) is 0 Å². The van der Waals surface area contributed by atoms with Crippen LogP contribution < -0.4 is 10.2 Å². The normalized spacial score (nSPS) is 16.0. The SMILES string of the molecule is Cc1cc(C)nc(N2CCC(NCCCc3ncc[nH]3)CC2)n1. The third-order valence-electron chi connectivity index (χ3n) is 4.33. The van der Waals surface area contributed by atoms with Gasteiger partial charge in [-0.1, -0.05) is 0 Å². The predicted octanol–water partition coefficient (Wildman–Crippen LogP) is 2.01. The molecule has 23 heavy (non-hydrogen) atoms. The monoisotopic (exact) mass is 314 g/mol. The summed E-state index contributed by atoms with van der Waals surface area (Å²) in [4.78, 5) is 18.9. The van der Waals surface area contributed by atoms with Gasteiger partial charge in [0.15, 0.2) is 0 Å². The average molecular weight is 314 g/mol.